The van der Waals surface area contributed by atoms with Crippen molar-refractivity contribution in [3.63, 3.8) is 0 Å². The highest BCUT2D eigenvalue weighted by Crippen LogP contribution is 2.25. The van der Waals surface area contributed by atoms with E-state index >= 15 is 0 Å². The number of rotatable bonds is 16. The average molecular weight is 520 g/mol. The molecule has 1 aromatic carbocycles. The third kappa shape index (κ3) is 9.53. The fourth-order valence-corrected chi connectivity index (χ4v) is 4.35. The monoisotopic (exact) mass is 519 g/mol. The number of carboxylic acid groups (broad SMARTS) is 1. The van der Waals surface area contributed by atoms with Crippen molar-refractivity contribution in [2.24, 2.45) is 17.6 Å². The van der Waals surface area contributed by atoms with Crippen LogP contribution in [0.1, 0.15) is 58.9 Å². The van der Waals surface area contributed by atoms with Gasteiger partial charge in [0.1, 0.15) is 23.4 Å². The Morgan fingerprint density at radius 2 is 1.68 bits per heavy atom. The number of carboxylic acids is 1. The van der Waals surface area contributed by atoms with Crippen LogP contribution in [0.15, 0.2) is 24.3 Å². The molecule has 0 saturated carbocycles. The zero-order valence-electron chi connectivity index (χ0n) is 22.2. The third-order valence-electron chi connectivity index (χ3n) is 6.68. The number of aromatic hydroxyl groups is 1. The van der Waals surface area contributed by atoms with Gasteiger partial charge in [-0.15, -0.1) is 0 Å². The lowest BCUT2D eigenvalue weighted by Crippen LogP contribution is -2.64. The number of hydrogen-bond donors (Lipinski definition) is 5. The van der Waals surface area contributed by atoms with Crippen LogP contribution in [0.3, 0.4) is 0 Å². The zero-order valence-corrected chi connectivity index (χ0v) is 22.2. The van der Waals surface area contributed by atoms with Gasteiger partial charge in [-0.2, -0.15) is 0 Å². The molecule has 1 saturated heterocycles. The molecule has 0 aromatic heterocycles. The van der Waals surface area contributed by atoms with Gasteiger partial charge in [0, 0.05) is 18.8 Å². The van der Waals surface area contributed by atoms with Crippen LogP contribution in [0.2, 0.25) is 0 Å². The number of hydrogen-bond acceptors (Lipinski definition) is 8. The van der Waals surface area contributed by atoms with Gasteiger partial charge in [-0.1, -0.05) is 26.0 Å². The Bertz CT molecular complexity index is 942. The quantitative estimate of drug-likeness (QED) is 0.218. The summed E-state index contributed by atoms with van der Waals surface area (Å²) >= 11 is 0. The molecule has 1 aromatic rings. The number of amides is 1. The highest BCUT2D eigenvalue weighted by Gasteiger charge is 2.41. The van der Waals surface area contributed by atoms with Gasteiger partial charge in [0.25, 0.3) is 0 Å². The Labute approximate surface area is 218 Å². The largest absolute Gasteiger partial charge is 0.508 e. The smallest absolute Gasteiger partial charge is 0.326 e. The van der Waals surface area contributed by atoms with Gasteiger partial charge in [0.05, 0.1) is 30.8 Å². The lowest BCUT2D eigenvalue weighted by atomic mass is 9.86. The summed E-state index contributed by atoms with van der Waals surface area (Å²) in [6.07, 6.45) is 1.12. The van der Waals surface area contributed by atoms with E-state index in [0.29, 0.717) is 19.6 Å². The van der Waals surface area contributed by atoms with E-state index in [-0.39, 0.29) is 48.9 Å². The molecule has 4 atom stereocenters. The van der Waals surface area contributed by atoms with Crippen LogP contribution in [0, 0.1) is 11.8 Å². The second-order valence-electron chi connectivity index (χ2n) is 10.7. The number of phenolic OH excluding ortho intramolecular Hbond substituents is 1. The summed E-state index contributed by atoms with van der Waals surface area (Å²) < 4.78 is 5.36. The molecule has 1 heterocycles. The predicted molar refractivity (Wildman–Crippen MR) is 138 cm³/mol. The van der Waals surface area contributed by atoms with Gasteiger partial charge in [0.2, 0.25) is 5.91 Å². The number of ether oxygens (including phenoxy) is 1. The van der Waals surface area contributed by atoms with E-state index in [4.69, 9.17) is 10.5 Å². The summed E-state index contributed by atoms with van der Waals surface area (Å²) in [5.74, 6) is -2.57. The van der Waals surface area contributed by atoms with E-state index in [1.54, 1.807) is 26.0 Å². The van der Waals surface area contributed by atoms with E-state index in [9.17, 15) is 29.4 Å². The van der Waals surface area contributed by atoms with Gasteiger partial charge in [-0.3, -0.25) is 19.7 Å². The van der Waals surface area contributed by atoms with Crippen LogP contribution in [0.5, 0.6) is 5.75 Å². The minimum absolute atomic E-state index is 0.0535. The first-order valence-electron chi connectivity index (χ1n) is 12.8. The van der Waals surface area contributed by atoms with Gasteiger partial charge >= 0.3 is 5.97 Å². The Hall–Kier alpha value is -2.82. The topological polar surface area (TPSA) is 168 Å². The Balaban J connectivity index is 2.12. The van der Waals surface area contributed by atoms with Crippen molar-refractivity contribution in [1.82, 2.24) is 10.6 Å². The molecule has 2 rings (SSSR count). The average Bonchev–Trinajstić information content (AvgIpc) is 2.80. The molecular formula is C27H41N3O7. The summed E-state index contributed by atoms with van der Waals surface area (Å²) in [5.41, 5.74) is 5.89. The molecule has 1 aliphatic heterocycles. The zero-order chi connectivity index (χ0) is 27.8. The minimum Gasteiger partial charge on any atom is -0.508 e. The van der Waals surface area contributed by atoms with Crippen LogP contribution in [0.25, 0.3) is 0 Å². The number of benzene rings is 1. The molecule has 0 radical (unpaired) electrons. The fourth-order valence-electron chi connectivity index (χ4n) is 4.35. The van der Waals surface area contributed by atoms with E-state index in [2.05, 4.69) is 10.6 Å². The Morgan fingerprint density at radius 3 is 2.16 bits per heavy atom. The maximum absolute atomic E-state index is 13.2. The number of nitrogens with one attached hydrogen (secondary N) is 2. The number of Topliss-reactive ketones (excluding diaryl/α,β-unsaturated/α-hetero) is 2. The second-order valence-corrected chi connectivity index (χ2v) is 10.7. The molecule has 0 spiro atoms. The summed E-state index contributed by atoms with van der Waals surface area (Å²) in [6.45, 7) is 7.82. The summed E-state index contributed by atoms with van der Waals surface area (Å²) in [5, 5.41) is 25.1. The number of carbonyl (C=O) groups is 4. The van der Waals surface area contributed by atoms with Crippen LogP contribution < -0.4 is 16.4 Å². The van der Waals surface area contributed by atoms with Gasteiger partial charge < -0.3 is 26.0 Å². The number of nitrogens with two attached hydrogens (primary N) is 1. The molecule has 0 unspecified atom stereocenters. The molecule has 10 nitrogen and oxygen atoms in total. The van der Waals surface area contributed by atoms with Crippen molar-refractivity contribution < 1.29 is 34.1 Å². The van der Waals surface area contributed by atoms with E-state index in [0.717, 1.165) is 5.56 Å². The molecular weight excluding hydrogens is 478 g/mol. The molecule has 37 heavy (non-hydrogen) atoms. The van der Waals surface area contributed by atoms with Gasteiger partial charge in [0.15, 0.2) is 0 Å². The lowest BCUT2D eigenvalue weighted by molar-refractivity contribution is -0.143. The van der Waals surface area contributed by atoms with Crippen LogP contribution in [0.4, 0.5) is 0 Å². The molecule has 1 fully saturated rings. The first-order valence-corrected chi connectivity index (χ1v) is 12.8. The number of phenols is 1. The van der Waals surface area contributed by atoms with E-state index in [1.165, 1.54) is 12.1 Å². The fraction of sp³-hybridized carbons (Fsp3) is 0.630. The SMILES string of the molecule is CC(C)C[C@H](NC(=O)[C@@H](CC(=O)[C@H](C)NC1(CCC(=O)[C@H](C)N)COC1)Cc1ccc(O)cc1)C(=O)O. The summed E-state index contributed by atoms with van der Waals surface area (Å²) in [4.78, 5) is 50.1. The normalized spacial score (nSPS) is 17.8. The lowest BCUT2D eigenvalue weighted by Gasteiger charge is -2.44. The first-order chi connectivity index (χ1) is 17.3. The van der Waals surface area contributed by atoms with Crippen LogP contribution in [-0.2, 0) is 30.3 Å². The van der Waals surface area contributed by atoms with Crippen LogP contribution in [-0.4, -0.2) is 70.5 Å². The van der Waals surface area contributed by atoms with Crippen LogP contribution >= 0.6 is 0 Å². The summed E-state index contributed by atoms with van der Waals surface area (Å²) in [7, 11) is 0. The van der Waals surface area contributed by atoms with Gasteiger partial charge in [-0.25, -0.2) is 4.79 Å². The van der Waals surface area contributed by atoms with Crippen molar-refractivity contribution in [3.8, 4) is 5.75 Å². The number of ketones is 2. The predicted octanol–water partition coefficient (Wildman–Crippen LogP) is 1.57. The summed E-state index contributed by atoms with van der Waals surface area (Å²) in [6, 6.07) is 4.11. The van der Waals surface area contributed by atoms with Crippen molar-refractivity contribution in [2.45, 2.75) is 83.5 Å². The van der Waals surface area contributed by atoms with Crippen molar-refractivity contribution in [1.29, 1.82) is 0 Å². The van der Waals surface area contributed by atoms with Gasteiger partial charge in [-0.05, 0) is 56.7 Å². The minimum atomic E-state index is -1.12. The maximum atomic E-state index is 13.2. The van der Waals surface area contributed by atoms with Crippen molar-refractivity contribution in [2.75, 3.05) is 13.2 Å². The number of carbonyl (C=O) groups excluding carboxylic acids is 3. The molecule has 206 valence electrons. The third-order valence-corrected chi connectivity index (χ3v) is 6.68. The molecule has 0 aliphatic carbocycles. The molecule has 6 N–H and O–H groups in total. The van der Waals surface area contributed by atoms with Crippen molar-refractivity contribution in [3.05, 3.63) is 29.8 Å². The second kappa shape index (κ2) is 13.6. The first kappa shape index (κ1) is 30.4. The molecule has 0 bridgehead atoms. The maximum Gasteiger partial charge on any atom is 0.326 e. The van der Waals surface area contributed by atoms with E-state index in [1.807, 2.05) is 13.8 Å². The Kier molecular flexibility index (Phi) is 11.2. The Morgan fingerprint density at radius 1 is 1.05 bits per heavy atom. The van der Waals surface area contributed by atoms with E-state index < -0.39 is 41.5 Å². The molecule has 1 aliphatic rings. The number of aliphatic carboxylic acids is 1. The molecule has 10 heteroatoms. The molecule has 1 amide bonds. The van der Waals surface area contributed by atoms with Crippen molar-refractivity contribution >= 4 is 23.4 Å². The highest BCUT2D eigenvalue weighted by molar-refractivity contribution is 5.91. The highest BCUT2D eigenvalue weighted by atomic mass is 16.5. The standard InChI is InChI=1S/C27H41N3O7/c1-16(2)11-22(26(35)36)29-25(34)20(12-19-5-7-21(31)8-6-19)13-24(33)18(4)30-27(14-37-15-27)10-9-23(32)17(3)28/h5-8,16-18,20,22,30-31H,9-15,28H2,1-4H3,(H,29,34)(H,35,36)/t17-,18-,20+,22-/m0/s1.